The van der Waals surface area contributed by atoms with Gasteiger partial charge in [0.2, 0.25) is 0 Å². The van der Waals surface area contributed by atoms with Gasteiger partial charge in [-0.1, -0.05) is 0 Å². The van der Waals surface area contributed by atoms with Gasteiger partial charge in [-0.05, 0) is 6.92 Å². The lowest BCUT2D eigenvalue weighted by Crippen LogP contribution is -1.94. The third-order valence-electron chi connectivity index (χ3n) is 1.66. The van der Waals surface area contributed by atoms with Crippen molar-refractivity contribution in [3.05, 3.63) is 17.7 Å². The van der Waals surface area contributed by atoms with Crippen LogP contribution < -0.4 is 4.74 Å². The summed E-state index contributed by atoms with van der Waals surface area (Å²) in [5.41, 5.74) is -0.0826. The first-order chi connectivity index (χ1) is 6.06. The number of Topliss-reactive ketones (excluding diaryl/α,β-unsaturated/α-hetero) is 1. The van der Waals surface area contributed by atoms with Crippen LogP contribution in [0.5, 0.6) is 17.2 Å². The van der Waals surface area contributed by atoms with Crippen LogP contribution in [0.1, 0.15) is 17.3 Å². The molecule has 4 heteroatoms. The van der Waals surface area contributed by atoms with Crippen LogP contribution in [-0.4, -0.2) is 23.1 Å². The molecule has 0 aliphatic heterocycles. The number of hydrogen-bond acceptors (Lipinski definition) is 4. The van der Waals surface area contributed by atoms with Gasteiger partial charge >= 0.3 is 0 Å². The molecule has 0 bridgehead atoms. The van der Waals surface area contributed by atoms with E-state index in [2.05, 4.69) is 0 Å². The Morgan fingerprint density at radius 3 is 2.08 bits per heavy atom. The van der Waals surface area contributed by atoms with Crippen LogP contribution in [0.4, 0.5) is 0 Å². The Hall–Kier alpha value is -1.71. The second-order valence-corrected chi connectivity index (χ2v) is 2.60. The topological polar surface area (TPSA) is 66.8 Å². The van der Waals surface area contributed by atoms with Crippen molar-refractivity contribution < 1.29 is 19.7 Å². The van der Waals surface area contributed by atoms with E-state index in [1.54, 1.807) is 0 Å². The Labute approximate surface area is 75.4 Å². The number of phenols is 2. The second kappa shape index (κ2) is 3.35. The number of ketones is 1. The van der Waals surface area contributed by atoms with Crippen molar-refractivity contribution in [2.24, 2.45) is 0 Å². The zero-order valence-corrected chi connectivity index (χ0v) is 7.37. The van der Waals surface area contributed by atoms with Crippen LogP contribution in [0, 0.1) is 0 Å². The van der Waals surface area contributed by atoms with E-state index in [1.807, 2.05) is 0 Å². The minimum Gasteiger partial charge on any atom is -0.507 e. The molecule has 0 amide bonds. The van der Waals surface area contributed by atoms with Gasteiger partial charge in [-0.15, -0.1) is 0 Å². The van der Waals surface area contributed by atoms with E-state index in [9.17, 15) is 15.0 Å². The molecule has 0 aromatic heterocycles. The Kier molecular flexibility index (Phi) is 2.41. The van der Waals surface area contributed by atoms with Gasteiger partial charge in [-0.3, -0.25) is 4.79 Å². The summed E-state index contributed by atoms with van der Waals surface area (Å²) in [5.74, 6) is -0.633. The Bertz CT molecular complexity index is 320. The van der Waals surface area contributed by atoms with E-state index < -0.39 is 5.78 Å². The van der Waals surface area contributed by atoms with Crippen molar-refractivity contribution in [2.75, 3.05) is 7.11 Å². The van der Waals surface area contributed by atoms with E-state index in [0.29, 0.717) is 5.75 Å². The summed E-state index contributed by atoms with van der Waals surface area (Å²) in [6.07, 6.45) is 0. The van der Waals surface area contributed by atoms with Crippen molar-refractivity contribution in [1.29, 1.82) is 0 Å². The lowest BCUT2D eigenvalue weighted by atomic mass is 10.1. The highest BCUT2D eigenvalue weighted by atomic mass is 16.5. The molecule has 70 valence electrons. The summed E-state index contributed by atoms with van der Waals surface area (Å²) in [4.78, 5) is 10.9. The molecule has 1 aromatic rings. The molecule has 1 aromatic carbocycles. The number of carbonyl (C=O) groups is 1. The van der Waals surface area contributed by atoms with Gasteiger partial charge < -0.3 is 14.9 Å². The Morgan fingerprint density at radius 2 is 1.77 bits per heavy atom. The summed E-state index contributed by atoms with van der Waals surface area (Å²) in [6.45, 7) is 1.27. The van der Waals surface area contributed by atoms with Crippen LogP contribution in [0.3, 0.4) is 0 Å². The average Bonchev–Trinajstić information content (AvgIpc) is 2.02. The third kappa shape index (κ3) is 1.72. The first kappa shape index (κ1) is 9.38. The van der Waals surface area contributed by atoms with Crippen molar-refractivity contribution in [2.45, 2.75) is 6.92 Å². The minimum absolute atomic E-state index is 0.0826. The number of hydrogen-bond donors (Lipinski definition) is 2. The molecular formula is C9H10O4. The number of aromatic hydroxyl groups is 2. The third-order valence-corrected chi connectivity index (χ3v) is 1.66. The van der Waals surface area contributed by atoms with Gasteiger partial charge in [0.25, 0.3) is 0 Å². The molecule has 0 atom stereocenters. The number of methoxy groups -OCH3 is 1. The predicted octanol–water partition coefficient (Wildman–Crippen LogP) is 1.31. The zero-order valence-electron chi connectivity index (χ0n) is 7.37. The molecule has 2 N–H and O–H groups in total. The van der Waals surface area contributed by atoms with Crippen molar-refractivity contribution in [1.82, 2.24) is 0 Å². The quantitative estimate of drug-likeness (QED) is 0.676. The summed E-state index contributed by atoms with van der Waals surface area (Å²) in [5, 5.41) is 18.6. The molecule has 0 aliphatic carbocycles. The van der Waals surface area contributed by atoms with Gasteiger partial charge in [-0.25, -0.2) is 0 Å². The van der Waals surface area contributed by atoms with Crippen molar-refractivity contribution in [3.63, 3.8) is 0 Å². The number of benzene rings is 1. The summed E-state index contributed by atoms with van der Waals surface area (Å²) in [6, 6.07) is 2.55. The van der Waals surface area contributed by atoms with Crippen LogP contribution >= 0.6 is 0 Å². The smallest absolute Gasteiger partial charge is 0.167 e. The molecule has 0 spiro atoms. The lowest BCUT2D eigenvalue weighted by Gasteiger charge is -2.06. The molecule has 0 unspecified atom stereocenters. The van der Waals surface area contributed by atoms with Crippen LogP contribution in [-0.2, 0) is 0 Å². The van der Waals surface area contributed by atoms with Crippen molar-refractivity contribution in [3.8, 4) is 17.2 Å². The number of ether oxygens (including phenoxy) is 1. The first-order valence-electron chi connectivity index (χ1n) is 3.67. The molecule has 1 rings (SSSR count). The molecule has 0 saturated heterocycles. The number of carbonyl (C=O) groups excluding carboxylic acids is 1. The Balaban J connectivity index is 3.31. The fraction of sp³-hybridized carbons (Fsp3) is 0.222. The monoisotopic (exact) mass is 182 g/mol. The van der Waals surface area contributed by atoms with E-state index in [4.69, 9.17) is 4.74 Å². The van der Waals surface area contributed by atoms with Crippen LogP contribution in [0.15, 0.2) is 12.1 Å². The SMILES string of the molecule is COc1cc(O)c(C(C)=O)c(O)c1. The molecule has 4 nitrogen and oxygen atoms in total. The fourth-order valence-corrected chi connectivity index (χ4v) is 1.07. The maximum absolute atomic E-state index is 10.9. The molecule has 0 aliphatic rings. The first-order valence-corrected chi connectivity index (χ1v) is 3.67. The Morgan fingerprint density at radius 1 is 1.31 bits per heavy atom. The number of phenolic OH excluding ortho intramolecular Hbond substituents is 2. The largest absolute Gasteiger partial charge is 0.507 e. The van der Waals surface area contributed by atoms with E-state index in [1.165, 1.54) is 26.2 Å². The fourth-order valence-electron chi connectivity index (χ4n) is 1.07. The maximum Gasteiger partial charge on any atom is 0.167 e. The van der Waals surface area contributed by atoms with Gasteiger partial charge in [0, 0.05) is 12.1 Å². The van der Waals surface area contributed by atoms with Gasteiger partial charge in [-0.2, -0.15) is 0 Å². The van der Waals surface area contributed by atoms with E-state index in [0.717, 1.165) is 0 Å². The maximum atomic E-state index is 10.9. The molecule has 13 heavy (non-hydrogen) atoms. The summed E-state index contributed by atoms with van der Waals surface area (Å²) < 4.78 is 4.78. The standard InChI is InChI=1S/C9H10O4/c1-5(10)9-7(11)3-6(13-2)4-8(9)12/h3-4,11-12H,1-2H3. The highest BCUT2D eigenvalue weighted by Crippen LogP contribution is 2.32. The van der Waals surface area contributed by atoms with E-state index >= 15 is 0 Å². The predicted molar refractivity (Wildman–Crippen MR) is 46.3 cm³/mol. The highest BCUT2D eigenvalue weighted by molar-refractivity contribution is 5.99. The average molecular weight is 182 g/mol. The molecule has 0 radical (unpaired) electrons. The molecular weight excluding hydrogens is 172 g/mol. The van der Waals surface area contributed by atoms with Crippen LogP contribution in [0.2, 0.25) is 0 Å². The molecule has 0 saturated carbocycles. The second-order valence-electron chi connectivity index (χ2n) is 2.60. The molecule has 0 heterocycles. The minimum atomic E-state index is -0.391. The summed E-state index contributed by atoms with van der Waals surface area (Å²) in [7, 11) is 1.40. The summed E-state index contributed by atoms with van der Waals surface area (Å²) >= 11 is 0. The van der Waals surface area contributed by atoms with Crippen LogP contribution in [0.25, 0.3) is 0 Å². The molecule has 0 fully saturated rings. The van der Waals surface area contributed by atoms with Gasteiger partial charge in [0.1, 0.15) is 22.8 Å². The lowest BCUT2D eigenvalue weighted by molar-refractivity contribution is 0.101. The normalized spacial score (nSPS) is 9.69. The van der Waals surface area contributed by atoms with Gasteiger partial charge in [0.15, 0.2) is 5.78 Å². The number of rotatable bonds is 2. The van der Waals surface area contributed by atoms with Gasteiger partial charge in [0.05, 0.1) is 7.11 Å². The van der Waals surface area contributed by atoms with E-state index in [-0.39, 0.29) is 17.1 Å². The van der Waals surface area contributed by atoms with Crippen molar-refractivity contribution >= 4 is 5.78 Å². The zero-order chi connectivity index (χ0) is 10.0. The highest BCUT2D eigenvalue weighted by Gasteiger charge is 2.13.